The highest BCUT2D eigenvalue weighted by Gasteiger charge is 2.41. The Bertz CT molecular complexity index is 519. The zero-order valence-electron chi connectivity index (χ0n) is 15.2. The van der Waals surface area contributed by atoms with Crippen molar-refractivity contribution in [3.05, 3.63) is 30.1 Å². The first-order valence-electron chi connectivity index (χ1n) is 9.91. The molecule has 0 N–H and O–H groups in total. The summed E-state index contributed by atoms with van der Waals surface area (Å²) in [7, 11) is 0. The zero-order valence-corrected chi connectivity index (χ0v) is 15.2. The second-order valence-electron chi connectivity index (χ2n) is 7.74. The van der Waals surface area contributed by atoms with E-state index in [9.17, 15) is 0 Å². The first-order valence-corrected chi connectivity index (χ1v) is 9.91. The summed E-state index contributed by atoms with van der Waals surface area (Å²) >= 11 is 0. The van der Waals surface area contributed by atoms with Crippen LogP contribution in [0.15, 0.2) is 24.4 Å². The minimum atomic E-state index is 0.108. The van der Waals surface area contributed by atoms with Crippen molar-refractivity contribution in [2.75, 3.05) is 52.5 Å². The molecule has 0 unspecified atom stereocenters. The molecule has 3 aliphatic heterocycles. The van der Waals surface area contributed by atoms with Crippen LogP contribution in [0.5, 0.6) is 0 Å². The van der Waals surface area contributed by atoms with Crippen molar-refractivity contribution < 1.29 is 9.47 Å². The highest BCUT2D eigenvalue weighted by atomic mass is 16.5. The van der Waals surface area contributed by atoms with Crippen LogP contribution >= 0.6 is 0 Å². The van der Waals surface area contributed by atoms with Gasteiger partial charge in [0.25, 0.3) is 0 Å². The Hall–Kier alpha value is -1.01. The van der Waals surface area contributed by atoms with Gasteiger partial charge in [-0.25, -0.2) is 0 Å². The summed E-state index contributed by atoms with van der Waals surface area (Å²) in [5.74, 6) is 0. The van der Waals surface area contributed by atoms with Gasteiger partial charge in [-0.1, -0.05) is 6.07 Å². The standard InChI is InChI=1S/C20H31N3O2/c1-2-8-21-18(3-1)4-9-22-10-12-23(13-11-22)19-5-14-25-20(17-19)6-15-24-16-7-20/h1-3,8,19H,4-7,9-17H2/t19-/m1/s1. The number of piperazine rings is 1. The number of rotatable bonds is 4. The van der Waals surface area contributed by atoms with Crippen LogP contribution in [0.25, 0.3) is 0 Å². The minimum Gasteiger partial charge on any atom is -0.381 e. The molecule has 0 bridgehead atoms. The molecule has 0 radical (unpaired) electrons. The third kappa shape index (κ3) is 4.40. The lowest BCUT2D eigenvalue weighted by atomic mass is 9.83. The van der Waals surface area contributed by atoms with E-state index in [2.05, 4.69) is 26.9 Å². The summed E-state index contributed by atoms with van der Waals surface area (Å²) in [5, 5.41) is 0. The largest absolute Gasteiger partial charge is 0.381 e. The molecule has 0 aliphatic carbocycles. The van der Waals surface area contributed by atoms with Crippen molar-refractivity contribution in [2.45, 2.75) is 43.7 Å². The molecule has 3 saturated heterocycles. The summed E-state index contributed by atoms with van der Waals surface area (Å²) in [6.07, 6.45) is 7.49. The fraction of sp³-hybridized carbons (Fsp3) is 0.750. The van der Waals surface area contributed by atoms with Crippen molar-refractivity contribution in [3.63, 3.8) is 0 Å². The molecule has 0 amide bonds. The van der Waals surface area contributed by atoms with Gasteiger partial charge >= 0.3 is 0 Å². The highest BCUT2D eigenvalue weighted by Crippen LogP contribution is 2.36. The first-order chi connectivity index (χ1) is 12.3. The average molecular weight is 345 g/mol. The summed E-state index contributed by atoms with van der Waals surface area (Å²) in [5.41, 5.74) is 1.31. The van der Waals surface area contributed by atoms with Gasteiger partial charge in [0.1, 0.15) is 0 Å². The molecule has 1 spiro atoms. The number of ether oxygens (including phenoxy) is 2. The average Bonchev–Trinajstić information content (AvgIpc) is 2.68. The molecular formula is C20H31N3O2. The maximum atomic E-state index is 6.21. The van der Waals surface area contributed by atoms with Gasteiger partial charge in [0, 0.05) is 76.9 Å². The van der Waals surface area contributed by atoms with Gasteiger partial charge in [0.05, 0.1) is 5.60 Å². The third-order valence-corrected chi connectivity index (χ3v) is 6.20. The Morgan fingerprint density at radius 2 is 1.92 bits per heavy atom. The summed E-state index contributed by atoms with van der Waals surface area (Å²) in [4.78, 5) is 9.75. The number of nitrogens with zero attached hydrogens (tertiary/aromatic N) is 3. The molecule has 25 heavy (non-hydrogen) atoms. The van der Waals surface area contributed by atoms with Crippen LogP contribution in [-0.4, -0.2) is 79.0 Å². The van der Waals surface area contributed by atoms with Gasteiger partial charge in [-0.15, -0.1) is 0 Å². The molecule has 5 nitrogen and oxygen atoms in total. The second kappa shape index (κ2) is 8.12. The Kier molecular flexibility index (Phi) is 5.66. The van der Waals surface area contributed by atoms with Crippen molar-refractivity contribution >= 4 is 0 Å². The molecule has 3 aliphatic rings. The molecule has 5 heteroatoms. The fourth-order valence-corrected chi connectivity index (χ4v) is 4.58. The van der Waals surface area contributed by atoms with E-state index >= 15 is 0 Å². The van der Waals surface area contributed by atoms with Crippen LogP contribution in [0.3, 0.4) is 0 Å². The summed E-state index contributed by atoms with van der Waals surface area (Å²) < 4.78 is 11.8. The van der Waals surface area contributed by atoms with Crippen LogP contribution in [0.2, 0.25) is 0 Å². The molecule has 0 saturated carbocycles. The molecule has 0 aromatic carbocycles. The maximum Gasteiger partial charge on any atom is 0.0741 e. The predicted octanol–water partition coefficient (Wildman–Crippen LogP) is 1.97. The normalized spacial score (nSPS) is 28.2. The van der Waals surface area contributed by atoms with Crippen molar-refractivity contribution in [1.29, 1.82) is 0 Å². The lowest BCUT2D eigenvalue weighted by Gasteiger charge is -2.48. The van der Waals surface area contributed by atoms with Gasteiger partial charge in [0.15, 0.2) is 0 Å². The van der Waals surface area contributed by atoms with E-state index in [4.69, 9.17) is 9.47 Å². The molecule has 1 atom stereocenters. The van der Waals surface area contributed by atoms with E-state index in [1.54, 1.807) is 0 Å². The predicted molar refractivity (Wildman–Crippen MR) is 97.7 cm³/mol. The molecule has 4 heterocycles. The zero-order chi connectivity index (χ0) is 17.0. The van der Waals surface area contributed by atoms with Crippen LogP contribution in [0.1, 0.15) is 31.4 Å². The number of hydrogen-bond donors (Lipinski definition) is 0. The van der Waals surface area contributed by atoms with Gasteiger partial charge in [-0.05, 0) is 37.8 Å². The van der Waals surface area contributed by atoms with E-state index in [0.717, 1.165) is 45.6 Å². The van der Waals surface area contributed by atoms with Crippen molar-refractivity contribution in [3.8, 4) is 0 Å². The van der Waals surface area contributed by atoms with E-state index in [1.165, 1.54) is 44.7 Å². The van der Waals surface area contributed by atoms with E-state index < -0.39 is 0 Å². The number of pyridine rings is 1. The fourth-order valence-electron chi connectivity index (χ4n) is 4.58. The SMILES string of the molecule is c1ccc(CCN2CCN([C@@H]3CCOC4(CCOCC4)C3)CC2)nc1. The molecule has 4 rings (SSSR count). The lowest BCUT2D eigenvalue weighted by Crippen LogP contribution is -2.56. The highest BCUT2D eigenvalue weighted by molar-refractivity contribution is 5.04. The first kappa shape index (κ1) is 17.4. The molecule has 3 fully saturated rings. The van der Waals surface area contributed by atoms with Gasteiger partial charge < -0.3 is 14.4 Å². The van der Waals surface area contributed by atoms with Crippen LogP contribution in [0, 0.1) is 0 Å². The second-order valence-corrected chi connectivity index (χ2v) is 7.74. The Labute approximate surface area is 151 Å². The summed E-state index contributed by atoms with van der Waals surface area (Å²) in [6, 6.07) is 6.90. The molecule has 138 valence electrons. The molecule has 1 aromatic rings. The van der Waals surface area contributed by atoms with E-state index in [-0.39, 0.29) is 5.60 Å². The summed E-state index contributed by atoms with van der Waals surface area (Å²) in [6.45, 7) is 8.53. The van der Waals surface area contributed by atoms with Crippen molar-refractivity contribution in [2.24, 2.45) is 0 Å². The number of aromatic nitrogens is 1. The minimum absolute atomic E-state index is 0.108. The van der Waals surface area contributed by atoms with Gasteiger partial charge in [0.2, 0.25) is 0 Å². The Balaban J connectivity index is 1.24. The van der Waals surface area contributed by atoms with Crippen LogP contribution in [-0.2, 0) is 15.9 Å². The molecular weight excluding hydrogens is 314 g/mol. The Morgan fingerprint density at radius 3 is 2.68 bits per heavy atom. The monoisotopic (exact) mass is 345 g/mol. The smallest absolute Gasteiger partial charge is 0.0741 e. The quantitative estimate of drug-likeness (QED) is 0.834. The maximum absolute atomic E-state index is 6.21. The van der Waals surface area contributed by atoms with Gasteiger partial charge in [-0.3, -0.25) is 9.88 Å². The number of hydrogen-bond acceptors (Lipinski definition) is 5. The van der Waals surface area contributed by atoms with Crippen LogP contribution < -0.4 is 0 Å². The molecule has 1 aromatic heterocycles. The van der Waals surface area contributed by atoms with Gasteiger partial charge in [-0.2, -0.15) is 0 Å². The third-order valence-electron chi connectivity index (χ3n) is 6.20. The topological polar surface area (TPSA) is 37.8 Å². The van der Waals surface area contributed by atoms with E-state index in [1.807, 2.05) is 12.3 Å². The van der Waals surface area contributed by atoms with Crippen LogP contribution in [0.4, 0.5) is 0 Å². The Morgan fingerprint density at radius 1 is 1.08 bits per heavy atom. The van der Waals surface area contributed by atoms with Crippen molar-refractivity contribution in [1.82, 2.24) is 14.8 Å². The van der Waals surface area contributed by atoms with E-state index in [0.29, 0.717) is 6.04 Å². The lowest BCUT2D eigenvalue weighted by molar-refractivity contribution is -0.153.